The predicted molar refractivity (Wildman–Crippen MR) is 73.3 cm³/mol. The van der Waals surface area contributed by atoms with Crippen molar-refractivity contribution in [3.8, 4) is 0 Å². The van der Waals surface area contributed by atoms with Crippen LogP contribution in [0, 0.1) is 6.92 Å². The maximum absolute atomic E-state index is 12.0. The lowest BCUT2D eigenvalue weighted by Gasteiger charge is -2.19. The maximum Gasteiger partial charge on any atom is 0.241 e. The summed E-state index contributed by atoms with van der Waals surface area (Å²) in [5.74, 6) is -0.876. The van der Waals surface area contributed by atoms with Gasteiger partial charge < -0.3 is 9.90 Å². The van der Waals surface area contributed by atoms with Crippen LogP contribution in [0.25, 0.3) is 0 Å². The monoisotopic (exact) mass is 302 g/mol. The van der Waals surface area contributed by atoms with Crippen molar-refractivity contribution in [2.45, 2.75) is 24.3 Å². The number of thioether (sulfide) groups is 1. The molecule has 0 aromatic heterocycles. The van der Waals surface area contributed by atoms with Crippen LogP contribution in [0.5, 0.6) is 0 Å². The molecular weight excluding hydrogens is 286 g/mol. The molecule has 0 aliphatic carbocycles. The van der Waals surface area contributed by atoms with Gasteiger partial charge in [-0.1, -0.05) is 17.7 Å². The molecule has 1 N–H and O–H groups in total. The molecule has 7 heteroatoms. The molecule has 106 valence electrons. The van der Waals surface area contributed by atoms with Crippen molar-refractivity contribution in [3.05, 3.63) is 29.8 Å². The van der Waals surface area contributed by atoms with Crippen molar-refractivity contribution >= 4 is 27.8 Å². The zero-order valence-electron chi connectivity index (χ0n) is 10.8. The van der Waals surface area contributed by atoms with Crippen LogP contribution in [0.1, 0.15) is 12.0 Å². The second-order valence-corrected chi connectivity index (χ2v) is 6.79. The molecule has 0 heterocycles. The highest BCUT2D eigenvalue weighted by Crippen LogP contribution is 2.11. The second kappa shape index (κ2) is 6.93. The van der Waals surface area contributed by atoms with Gasteiger partial charge in [-0.3, -0.25) is 0 Å². The number of carbonyl (C=O) groups excluding carboxylic acids is 1. The number of sulfonamides is 1. The molecule has 5 nitrogen and oxygen atoms in total. The molecule has 0 saturated heterocycles. The molecular formula is C12H16NO4S2-. The summed E-state index contributed by atoms with van der Waals surface area (Å²) in [4.78, 5) is 11.0. The Morgan fingerprint density at radius 1 is 1.37 bits per heavy atom. The van der Waals surface area contributed by atoms with E-state index < -0.39 is 22.0 Å². The number of carbonyl (C=O) groups is 1. The van der Waals surface area contributed by atoms with Gasteiger partial charge in [-0.15, -0.1) is 0 Å². The Morgan fingerprint density at radius 2 is 1.95 bits per heavy atom. The number of hydrogen-bond acceptors (Lipinski definition) is 5. The van der Waals surface area contributed by atoms with E-state index in [1.807, 2.05) is 13.2 Å². The number of rotatable bonds is 7. The van der Waals surface area contributed by atoms with Gasteiger partial charge in [0.1, 0.15) is 0 Å². The Morgan fingerprint density at radius 3 is 2.42 bits per heavy atom. The Bertz CT molecular complexity index is 525. The number of carboxylic acids is 1. The van der Waals surface area contributed by atoms with Crippen LogP contribution in [0.15, 0.2) is 29.2 Å². The number of nitrogens with one attached hydrogen (secondary N) is 1. The Kier molecular flexibility index (Phi) is 5.84. The first kappa shape index (κ1) is 16.0. The van der Waals surface area contributed by atoms with E-state index in [0.717, 1.165) is 5.56 Å². The topological polar surface area (TPSA) is 86.3 Å². The first-order valence-electron chi connectivity index (χ1n) is 5.65. The maximum atomic E-state index is 12.0. The summed E-state index contributed by atoms with van der Waals surface area (Å²) in [5, 5.41) is 10.9. The fourth-order valence-electron chi connectivity index (χ4n) is 1.43. The summed E-state index contributed by atoms with van der Waals surface area (Å²) >= 11 is 1.45. The van der Waals surface area contributed by atoms with Gasteiger partial charge in [0.2, 0.25) is 10.0 Å². The van der Waals surface area contributed by atoms with E-state index in [-0.39, 0.29) is 11.3 Å². The third kappa shape index (κ3) is 4.85. The van der Waals surface area contributed by atoms with Crippen molar-refractivity contribution in [2.75, 3.05) is 12.0 Å². The molecule has 0 fully saturated rings. The van der Waals surface area contributed by atoms with Gasteiger partial charge in [0, 0.05) is 0 Å². The van der Waals surface area contributed by atoms with E-state index >= 15 is 0 Å². The van der Waals surface area contributed by atoms with Crippen molar-refractivity contribution < 1.29 is 18.3 Å². The molecule has 0 spiro atoms. The lowest BCUT2D eigenvalue weighted by Crippen LogP contribution is -2.48. The van der Waals surface area contributed by atoms with Crippen LogP contribution in [0.2, 0.25) is 0 Å². The Hall–Kier alpha value is -1.05. The molecule has 0 saturated carbocycles. The van der Waals surface area contributed by atoms with Gasteiger partial charge in [0.25, 0.3) is 0 Å². The zero-order valence-corrected chi connectivity index (χ0v) is 12.4. The van der Waals surface area contributed by atoms with Crippen molar-refractivity contribution in [2.24, 2.45) is 0 Å². The third-order valence-electron chi connectivity index (χ3n) is 2.52. The van der Waals surface area contributed by atoms with Gasteiger partial charge in [-0.05, 0) is 37.5 Å². The van der Waals surface area contributed by atoms with Crippen LogP contribution in [-0.4, -0.2) is 32.4 Å². The molecule has 1 aromatic carbocycles. The van der Waals surface area contributed by atoms with Crippen LogP contribution in [-0.2, 0) is 14.8 Å². The lowest BCUT2D eigenvalue weighted by atomic mass is 10.2. The second-order valence-electron chi connectivity index (χ2n) is 4.09. The smallest absolute Gasteiger partial charge is 0.241 e. The van der Waals surface area contributed by atoms with Gasteiger partial charge in [0.05, 0.1) is 16.9 Å². The van der Waals surface area contributed by atoms with Gasteiger partial charge in [-0.25, -0.2) is 13.1 Å². The molecule has 0 bridgehead atoms. The highest BCUT2D eigenvalue weighted by atomic mass is 32.2. The average Bonchev–Trinajstić information content (AvgIpc) is 2.34. The third-order valence-corrected chi connectivity index (χ3v) is 4.66. The van der Waals surface area contributed by atoms with Crippen LogP contribution < -0.4 is 9.83 Å². The number of aryl methyl sites for hydroxylation is 1. The SMILES string of the molecule is CSCC[C@H](NS(=O)(=O)c1ccc(C)cc1)C(=O)[O-]. The zero-order chi connectivity index (χ0) is 14.5. The molecule has 0 aliphatic rings. The van der Waals surface area contributed by atoms with Gasteiger partial charge in [-0.2, -0.15) is 11.8 Å². The molecule has 0 amide bonds. The summed E-state index contributed by atoms with van der Waals surface area (Å²) in [5.41, 5.74) is 0.929. The average molecular weight is 302 g/mol. The predicted octanol–water partition coefficient (Wildman–Crippen LogP) is 0.145. The van der Waals surface area contributed by atoms with E-state index in [4.69, 9.17) is 0 Å². The molecule has 1 rings (SSSR count). The van der Waals surface area contributed by atoms with Gasteiger partial charge in [0.15, 0.2) is 0 Å². The quantitative estimate of drug-likeness (QED) is 0.774. The van der Waals surface area contributed by atoms with E-state index in [1.165, 1.54) is 23.9 Å². The summed E-state index contributed by atoms with van der Waals surface area (Å²) < 4.78 is 26.2. The first-order valence-corrected chi connectivity index (χ1v) is 8.53. The summed E-state index contributed by atoms with van der Waals surface area (Å²) in [6, 6.07) is 4.99. The number of aliphatic carboxylic acids is 1. The fourth-order valence-corrected chi connectivity index (χ4v) is 3.12. The highest BCUT2D eigenvalue weighted by molar-refractivity contribution is 7.98. The van der Waals surface area contributed by atoms with Gasteiger partial charge >= 0.3 is 0 Å². The lowest BCUT2D eigenvalue weighted by molar-refractivity contribution is -0.308. The van der Waals surface area contributed by atoms with Crippen molar-refractivity contribution in [1.82, 2.24) is 4.72 Å². The molecule has 0 aliphatic heterocycles. The van der Waals surface area contributed by atoms with E-state index in [9.17, 15) is 18.3 Å². The summed E-state index contributed by atoms with van der Waals surface area (Å²) in [7, 11) is -3.83. The van der Waals surface area contributed by atoms with Crippen molar-refractivity contribution in [3.63, 3.8) is 0 Å². The summed E-state index contributed by atoms with van der Waals surface area (Å²) in [6.07, 6.45) is 2.01. The molecule has 19 heavy (non-hydrogen) atoms. The van der Waals surface area contributed by atoms with E-state index in [2.05, 4.69) is 4.72 Å². The molecule has 0 unspecified atom stereocenters. The molecule has 0 radical (unpaired) electrons. The minimum atomic E-state index is -3.83. The normalized spacial score (nSPS) is 13.2. The van der Waals surface area contributed by atoms with Crippen LogP contribution >= 0.6 is 11.8 Å². The Balaban J connectivity index is 2.87. The largest absolute Gasteiger partial charge is 0.548 e. The van der Waals surface area contributed by atoms with E-state index in [0.29, 0.717) is 5.75 Å². The van der Waals surface area contributed by atoms with Crippen LogP contribution in [0.3, 0.4) is 0 Å². The fraction of sp³-hybridized carbons (Fsp3) is 0.417. The minimum absolute atomic E-state index is 0.0495. The minimum Gasteiger partial charge on any atom is -0.548 e. The van der Waals surface area contributed by atoms with E-state index in [1.54, 1.807) is 12.1 Å². The number of carboxylic acid groups (broad SMARTS) is 1. The summed E-state index contributed by atoms with van der Waals surface area (Å²) in [6.45, 7) is 1.84. The standard InChI is InChI=1S/C12H17NO4S2/c1-9-3-5-10(6-4-9)19(16,17)13-11(12(14)15)7-8-18-2/h3-6,11,13H,7-8H2,1-2H3,(H,14,15)/p-1/t11-/m0/s1. The Labute approximate surface area is 117 Å². The molecule has 1 aromatic rings. The van der Waals surface area contributed by atoms with Crippen LogP contribution in [0.4, 0.5) is 0 Å². The first-order chi connectivity index (χ1) is 8.86. The number of benzene rings is 1. The van der Waals surface area contributed by atoms with Crippen molar-refractivity contribution in [1.29, 1.82) is 0 Å². The molecule has 1 atom stereocenters. The highest BCUT2D eigenvalue weighted by Gasteiger charge is 2.20. The number of hydrogen-bond donors (Lipinski definition) is 1.